The first-order valence-electron chi connectivity index (χ1n) is 12.7. The molecule has 43 heavy (non-hydrogen) atoms. The summed E-state index contributed by atoms with van der Waals surface area (Å²) >= 11 is 0. The molecule has 1 fully saturated rings. The maximum atomic E-state index is 16.1. The second-order valence-electron chi connectivity index (χ2n) is 9.19. The van der Waals surface area contributed by atoms with Gasteiger partial charge in [0.15, 0.2) is 30.3 Å². The van der Waals surface area contributed by atoms with Crippen molar-refractivity contribution >= 4 is 36.7 Å². The van der Waals surface area contributed by atoms with E-state index in [0.717, 1.165) is 16.2 Å². The number of hydrogen-bond donors (Lipinski definition) is 2. The summed E-state index contributed by atoms with van der Waals surface area (Å²) in [6.45, 7) is 1.54. The third-order valence-electron chi connectivity index (χ3n) is 6.39. The van der Waals surface area contributed by atoms with Crippen molar-refractivity contribution in [2.45, 2.75) is 50.5 Å². The van der Waals surface area contributed by atoms with E-state index < -0.39 is 62.7 Å². The Morgan fingerprint density at radius 2 is 2.05 bits per heavy atom. The zero-order valence-electron chi connectivity index (χ0n) is 22.7. The lowest BCUT2D eigenvalue weighted by Gasteiger charge is -2.23. The summed E-state index contributed by atoms with van der Waals surface area (Å²) in [6, 6.07) is 11.6. The van der Waals surface area contributed by atoms with Gasteiger partial charge in [-0.05, 0) is 34.5 Å². The minimum absolute atomic E-state index is 0.144. The van der Waals surface area contributed by atoms with Gasteiger partial charge in [0.1, 0.15) is 17.3 Å². The first-order chi connectivity index (χ1) is 20.5. The zero-order valence-corrected chi connectivity index (χ0v) is 23.6. The van der Waals surface area contributed by atoms with Crippen LogP contribution >= 0.6 is 8.18 Å². The predicted octanol–water partition coefficient (Wildman–Crippen LogP) is 3.62. The van der Waals surface area contributed by atoms with E-state index in [4.69, 9.17) is 24.6 Å². The Labute approximate surface area is 243 Å². The van der Waals surface area contributed by atoms with Gasteiger partial charge < -0.3 is 25.2 Å². The molecule has 1 saturated heterocycles. The number of carbonyl (C=O) groups is 2. The van der Waals surface area contributed by atoms with Gasteiger partial charge in [0.25, 0.3) is 0 Å². The van der Waals surface area contributed by atoms with E-state index in [2.05, 4.69) is 15.0 Å². The van der Waals surface area contributed by atoms with Crippen LogP contribution in [0, 0.1) is 0 Å². The summed E-state index contributed by atoms with van der Waals surface area (Å²) in [6.07, 6.45) is -5.07. The smallest absolute Gasteiger partial charge is 0.480 e. The molecule has 2 heterocycles. The third-order valence-corrected chi connectivity index (χ3v) is 7.49. The summed E-state index contributed by atoms with van der Waals surface area (Å²) in [5, 5.41) is 14.3. The van der Waals surface area contributed by atoms with Gasteiger partial charge in [0.05, 0.1) is 0 Å². The molecule has 4 rings (SSSR count). The van der Waals surface area contributed by atoms with Gasteiger partial charge in [-0.15, -0.1) is 4.52 Å². The monoisotopic (exact) mass is 618 g/mol. The highest BCUT2D eigenvalue weighted by Crippen LogP contribution is 2.44. The minimum atomic E-state index is -3.24. The van der Waals surface area contributed by atoms with Gasteiger partial charge in [-0.1, -0.05) is 48.4 Å². The van der Waals surface area contributed by atoms with Crippen LogP contribution in [0.2, 0.25) is 0 Å². The highest BCUT2D eigenvalue weighted by Gasteiger charge is 2.61. The van der Waals surface area contributed by atoms with E-state index in [-0.39, 0.29) is 18.0 Å². The first-order valence-corrected chi connectivity index (χ1v) is 13.8. The largest absolute Gasteiger partial charge is 0.653 e. The second kappa shape index (κ2) is 13.1. The third kappa shape index (κ3) is 6.56. The van der Waals surface area contributed by atoms with Gasteiger partial charge in [-0.2, -0.15) is 4.98 Å². The number of halogens is 1. The molecule has 1 aliphatic heterocycles. The average Bonchev–Trinajstić information content (AvgIpc) is 3.24. The number of anilines is 1. The first kappa shape index (κ1) is 31.3. The maximum Gasteiger partial charge on any atom is 0.653 e. The normalized spacial score (nSPS) is 22.5. The van der Waals surface area contributed by atoms with Crippen molar-refractivity contribution in [2.75, 3.05) is 12.3 Å². The van der Waals surface area contributed by atoms with Crippen LogP contribution in [0.25, 0.3) is 21.2 Å². The molecule has 0 aliphatic carbocycles. The molecule has 0 spiro atoms. The predicted molar refractivity (Wildman–Crippen MR) is 147 cm³/mol. The molecule has 0 amide bonds. The number of benzene rings is 2. The number of rotatable bonds is 12. The molecular formula is C25H26FN7O9P+. The Kier molecular flexibility index (Phi) is 9.53. The lowest BCUT2D eigenvalue weighted by atomic mass is 10.1. The molecule has 0 bridgehead atoms. The van der Waals surface area contributed by atoms with Crippen molar-refractivity contribution in [1.29, 1.82) is 0 Å². The van der Waals surface area contributed by atoms with Crippen molar-refractivity contribution in [3.63, 3.8) is 0 Å². The molecule has 3 N–H and O–H groups in total. The number of carboxylic acids is 1. The summed E-state index contributed by atoms with van der Waals surface area (Å²) in [7, 11) is -3.24. The fourth-order valence-corrected chi connectivity index (χ4v) is 5.10. The SMILES string of the molecule is CCC(=O)O[C@H]1[C@H](n2ccc(N)nc2=O)O[C@@](CO[P+](=O)N(Oc2cccc3ccccc23)C(C)C(=O)O)(N=[N+]=[N-])[C@H]1F. The fraction of sp³-hybridized carbons (Fsp3) is 0.360. The number of aliphatic carboxylic acids is 1. The Morgan fingerprint density at radius 3 is 2.72 bits per heavy atom. The molecule has 1 aromatic heterocycles. The Balaban J connectivity index is 1.66. The van der Waals surface area contributed by atoms with Gasteiger partial charge in [-0.25, -0.2) is 9.18 Å². The fourth-order valence-electron chi connectivity index (χ4n) is 4.16. The molecule has 18 heteroatoms. The average molecular weight is 618 g/mol. The van der Waals surface area contributed by atoms with E-state index in [1.807, 2.05) is 0 Å². The molecule has 3 aromatic rings. The van der Waals surface area contributed by atoms with Crippen LogP contribution in [-0.2, 0) is 28.2 Å². The number of aromatic nitrogens is 2. The maximum absolute atomic E-state index is 16.1. The summed E-state index contributed by atoms with van der Waals surface area (Å²) in [5.41, 5.74) is 11.2. The number of esters is 1. The Hall–Kier alpha value is -4.66. The van der Waals surface area contributed by atoms with Gasteiger partial charge in [0.2, 0.25) is 5.72 Å². The van der Waals surface area contributed by atoms with Gasteiger partial charge in [0, 0.05) is 22.9 Å². The highest BCUT2D eigenvalue weighted by atomic mass is 31.1. The van der Waals surface area contributed by atoms with Crippen LogP contribution in [0.5, 0.6) is 5.75 Å². The number of nitrogens with two attached hydrogens (primary N) is 1. The summed E-state index contributed by atoms with van der Waals surface area (Å²) in [5.74, 6) is -2.31. The minimum Gasteiger partial charge on any atom is -0.480 e. The summed E-state index contributed by atoms with van der Waals surface area (Å²) in [4.78, 5) is 48.9. The van der Waals surface area contributed by atoms with Crippen molar-refractivity contribution < 1.29 is 42.5 Å². The molecule has 0 radical (unpaired) electrons. The summed E-state index contributed by atoms with van der Waals surface area (Å²) < 4.78 is 46.4. The molecule has 6 atom stereocenters. The van der Waals surface area contributed by atoms with Crippen molar-refractivity contribution in [3.8, 4) is 5.75 Å². The number of carboxylic acid groups (broad SMARTS) is 1. The standard InChI is InChI=1S/C25H25FN7O9P/c1-3-19(34)40-20-21(26)25(30-31-28,41-22(20)32-12-11-18(27)29-24(32)37)13-39-43(38)33(14(2)23(35)36)42-17-10-6-8-15-7-4-5-9-16(15)17/h4-12,14,20-22H,3,13H2,1-2H3,(H2-,27,29,35,36,37)/p+1/t14?,20-,21+,22-,25-/m1/s1. The number of nitrogens with zero attached hydrogens (tertiary/aromatic N) is 6. The van der Waals surface area contributed by atoms with E-state index in [9.17, 15) is 29.6 Å². The number of hydroxylamine groups is 1. The molecule has 16 nitrogen and oxygen atoms in total. The molecule has 0 saturated carbocycles. The van der Waals surface area contributed by atoms with Gasteiger partial charge in [-0.3, -0.25) is 14.2 Å². The molecule has 1 aliphatic rings. The number of alkyl halides is 1. The molecule has 2 unspecified atom stereocenters. The van der Waals surface area contributed by atoms with Crippen LogP contribution in [0.4, 0.5) is 10.2 Å². The van der Waals surface area contributed by atoms with E-state index in [1.165, 1.54) is 26.0 Å². The topological polar surface area (TPSA) is 221 Å². The van der Waals surface area contributed by atoms with Crippen molar-refractivity contribution in [3.05, 3.63) is 75.7 Å². The molecule has 2 aromatic carbocycles. The van der Waals surface area contributed by atoms with Crippen LogP contribution in [0.15, 0.2) is 64.6 Å². The number of azide groups is 1. The number of ether oxygens (including phenoxy) is 2. The van der Waals surface area contributed by atoms with E-state index in [1.54, 1.807) is 36.4 Å². The van der Waals surface area contributed by atoms with Crippen molar-refractivity contribution in [2.24, 2.45) is 5.11 Å². The van der Waals surface area contributed by atoms with Crippen LogP contribution in [0.1, 0.15) is 26.5 Å². The molecular weight excluding hydrogens is 592 g/mol. The van der Waals surface area contributed by atoms with Crippen LogP contribution in [0.3, 0.4) is 0 Å². The van der Waals surface area contributed by atoms with Crippen molar-refractivity contribution in [1.82, 2.24) is 14.4 Å². The second-order valence-corrected chi connectivity index (χ2v) is 10.3. The lowest BCUT2D eigenvalue weighted by molar-refractivity contribution is -0.157. The van der Waals surface area contributed by atoms with Gasteiger partial charge >= 0.3 is 25.8 Å². The number of hydrogen-bond acceptors (Lipinski definition) is 11. The lowest BCUT2D eigenvalue weighted by Crippen LogP contribution is -2.44. The zero-order chi connectivity index (χ0) is 31.3. The van der Waals surface area contributed by atoms with Crippen LogP contribution < -0.4 is 16.3 Å². The van der Waals surface area contributed by atoms with E-state index >= 15 is 4.39 Å². The number of fused-ring (bicyclic) bond motifs is 1. The number of carbonyl (C=O) groups excluding carboxylic acids is 1. The quantitative estimate of drug-likeness (QED) is 0.0742. The molecule has 226 valence electrons. The van der Waals surface area contributed by atoms with E-state index in [0.29, 0.717) is 10.2 Å². The Bertz CT molecular complexity index is 1650. The number of nitrogen functional groups attached to an aromatic ring is 1. The van der Waals surface area contributed by atoms with Crippen LogP contribution in [-0.4, -0.2) is 62.1 Å². The Morgan fingerprint density at radius 1 is 1.33 bits per heavy atom. The highest BCUT2D eigenvalue weighted by molar-refractivity contribution is 7.36.